The topological polar surface area (TPSA) is 98.0 Å². The highest BCUT2D eigenvalue weighted by Gasteiger charge is 2.15. The van der Waals surface area contributed by atoms with Crippen LogP contribution < -0.4 is 0 Å². The molecule has 1 rings (SSSR count). The summed E-state index contributed by atoms with van der Waals surface area (Å²) in [5.41, 5.74) is 0.0881. The molecule has 76 valence electrons. The normalized spacial score (nSPS) is 12.4. The molecule has 1 atom stereocenters. The van der Waals surface area contributed by atoms with Gasteiger partial charge in [-0.3, -0.25) is 4.79 Å². The zero-order valence-corrected chi connectivity index (χ0v) is 7.21. The molecule has 1 aromatic carbocycles. The maximum absolute atomic E-state index is 10.3. The molecule has 0 aliphatic carbocycles. The van der Waals surface area contributed by atoms with E-state index in [-0.39, 0.29) is 17.1 Å². The number of phenolic OH excluding ortho intramolecular Hbond substituents is 2. The average molecular weight is 198 g/mol. The van der Waals surface area contributed by atoms with Gasteiger partial charge in [-0.1, -0.05) is 0 Å². The van der Waals surface area contributed by atoms with Crippen LogP contribution in [0.2, 0.25) is 0 Å². The molecular weight excluding hydrogens is 188 g/mol. The molecule has 1 aromatic rings. The van der Waals surface area contributed by atoms with Crippen molar-refractivity contribution >= 4 is 5.97 Å². The highest BCUT2D eigenvalue weighted by molar-refractivity contribution is 5.68. The molecule has 5 heteroatoms. The number of carbonyl (C=O) groups is 1. The fourth-order valence-corrected chi connectivity index (χ4v) is 1.09. The Kier molecular flexibility index (Phi) is 2.93. The summed E-state index contributed by atoms with van der Waals surface area (Å²) in [6.07, 6.45) is -1.76. The standard InChI is InChI=1S/C9H10O5/c10-5-1-2-6(7(11)3-5)8(12)4-9(13)14/h1-3,8,10-12H,4H2,(H,13,14). The van der Waals surface area contributed by atoms with Crippen LogP contribution in [0.3, 0.4) is 0 Å². The van der Waals surface area contributed by atoms with Crippen molar-refractivity contribution in [2.45, 2.75) is 12.5 Å². The van der Waals surface area contributed by atoms with Crippen molar-refractivity contribution in [1.82, 2.24) is 0 Å². The number of benzene rings is 1. The minimum Gasteiger partial charge on any atom is -0.508 e. The Morgan fingerprint density at radius 2 is 2.00 bits per heavy atom. The van der Waals surface area contributed by atoms with Gasteiger partial charge in [0.25, 0.3) is 0 Å². The zero-order valence-electron chi connectivity index (χ0n) is 7.21. The third-order valence-electron chi connectivity index (χ3n) is 1.74. The van der Waals surface area contributed by atoms with Gasteiger partial charge in [0.2, 0.25) is 0 Å². The molecule has 4 N–H and O–H groups in total. The predicted octanol–water partition coefficient (Wildman–Crippen LogP) is 0.606. The number of phenols is 2. The Hall–Kier alpha value is -1.75. The van der Waals surface area contributed by atoms with Crippen LogP contribution in [-0.2, 0) is 4.79 Å². The number of hydrogen-bond acceptors (Lipinski definition) is 4. The Labute approximate surface area is 79.9 Å². The highest BCUT2D eigenvalue weighted by Crippen LogP contribution is 2.29. The van der Waals surface area contributed by atoms with Gasteiger partial charge >= 0.3 is 5.97 Å². The van der Waals surface area contributed by atoms with Crippen molar-refractivity contribution in [1.29, 1.82) is 0 Å². The number of hydrogen-bond donors (Lipinski definition) is 4. The van der Waals surface area contributed by atoms with Crippen LogP contribution in [0.25, 0.3) is 0 Å². The summed E-state index contributed by atoms with van der Waals surface area (Å²) >= 11 is 0. The van der Waals surface area contributed by atoms with E-state index in [4.69, 9.17) is 10.2 Å². The van der Waals surface area contributed by atoms with Gasteiger partial charge in [0.15, 0.2) is 0 Å². The molecule has 0 aromatic heterocycles. The number of rotatable bonds is 3. The lowest BCUT2D eigenvalue weighted by atomic mass is 10.1. The second-order valence-corrected chi connectivity index (χ2v) is 2.86. The smallest absolute Gasteiger partial charge is 0.306 e. The predicted molar refractivity (Wildman–Crippen MR) is 47.0 cm³/mol. The molecule has 0 amide bonds. The molecule has 0 fully saturated rings. The molecule has 0 saturated heterocycles. The summed E-state index contributed by atoms with van der Waals surface area (Å²) in [5.74, 6) is -1.63. The lowest BCUT2D eigenvalue weighted by molar-refractivity contribution is -0.139. The van der Waals surface area contributed by atoms with Gasteiger partial charge in [-0.2, -0.15) is 0 Å². The number of aromatic hydroxyl groups is 2. The molecule has 0 heterocycles. The SMILES string of the molecule is O=C(O)CC(O)c1ccc(O)cc1O. The van der Waals surface area contributed by atoms with Gasteiger partial charge in [-0.25, -0.2) is 0 Å². The fraction of sp³-hybridized carbons (Fsp3) is 0.222. The minimum absolute atomic E-state index is 0.0881. The summed E-state index contributed by atoms with van der Waals surface area (Å²) < 4.78 is 0. The Balaban J connectivity index is 2.90. The van der Waals surface area contributed by atoms with Crippen molar-refractivity contribution in [3.63, 3.8) is 0 Å². The quantitative estimate of drug-likeness (QED) is 0.570. The van der Waals surface area contributed by atoms with Crippen LogP contribution in [0.15, 0.2) is 18.2 Å². The maximum Gasteiger partial charge on any atom is 0.306 e. The maximum atomic E-state index is 10.3. The third kappa shape index (κ3) is 2.37. The molecule has 14 heavy (non-hydrogen) atoms. The van der Waals surface area contributed by atoms with E-state index in [0.717, 1.165) is 6.07 Å². The van der Waals surface area contributed by atoms with E-state index in [1.807, 2.05) is 0 Å². The van der Waals surface area contributed by atoms with Crippen LogP contribution in [0.1, 0.15) is 18.1 Å². The summed E-state index contributed by atoms with van der Waals surface area (Å²) in [6.45, 7) is 0. The van der Waals surface area contributed by atoms with E-state index in [9.17, 15) is 15.0 Å². The van der Waals surface area contributed by atoms with Crippen molar-refractivity contribution in [3.05, 3.63) is 23.8 Å². The Morgan fingerprint density at radius 3 is 2.50 bits per heavy atom. The molecule has 0 radical (unpaired) electrons. The molecule has 1 unspecified atom stereocenters. The van der Waals surface area contributed by atoms with E-state index < -0.39 is 18.5 Å². The summed E-state index contributed by atoms with van der Waals surface area (Å²) in [7, 11) is 0. The number of carboxylic acids is 1. The molecule has 5 nitrogen and oxygen atoms in total. The first kappa shape index (κ1) is 10.3. The Morgan fingerprint density at radius 1 is 1.36 bits per heavy atom. The Bertz CT molecular complexity index is 347. The van der Waals surface area contributed by atoms with Gasteiger partial charge in [0.05, 0.1) is 12.5 Å². The molecule has 0 saturated carbocycles. The summed E-state index contributed by atoms with van der Waals surface area (Å²) in [5, 5.41) is 35.9. The van der Waals surface area contributed by atoms with E-state index in [1.165, 1.54) is 12.1 Å². The lowest BCUT2D eigenvalue weighted by Gasteiger charge is -2.10. The van der Waals surface area contributed by atoms with Gasteiger partial charge in [-0.15, -0.1) is 0 Å². The van der Waals surface area contributed by atoms with Crippen molar-refractivity contribution in [3.8, 4) is 11.5 Å². The second-order valence-electron chi connectivity index (χ2n) is 2.86. The number of carboxylic acid groups (broad SMARTS) is 1. The van der Waals surface area contributed by atoms with Crippen LogP contribution in [0.5, 0.6) is 11.5 Å². The molecule has 0 spiro atoms. The number of aliphatic hydroxyl groups excluding tert-OH is 1. The van der Waals surface area contributed by atoms with Gasteiger partial charge in [-0.05, 0) is 12.1 Å². The first-order valence-electron chi connectivity index (χ1n) is 3.92. The summed E-state index contributed by atoms with van der Waals surface area (Å²) in [6, 6.07) is 3.58. The van der Waals surface area contributed by atoms with E-state index in [1.54, 1.807) is 0 Å². The van der Waals surface area contributed by atoms with Crippen LogP contribution >= 0.6 is 0 Å². The van der Waals surface area contributed by atoms with Crippen molar-refractivity contribution < 1.29 is 25.2 Å². The first-order valence-corrected chi connectivity index (χ1v) is 3.92. The number of aliphatic hydroxyl groups is 1. The van der Waals surface area contributed by atoms with Gasteiger partial charge < -0.3 is 20.4 Å². The van der Waals surface area contributed by atoms with Gasteiger partial charge in [0, 0.05) is 11.6 Å². The first-order chi connectivity index (χ1) is 6.50. The number of aliphatic carboxylic acids is 1. The van der Waals surface area contributed by atoms with Crippen molar-refractivity contribution in [2.75, 3.05) is 0 Å². The summed E-state index contributed by atoms with van der Waals surface area (Å²) in [4.78, 5) is 10.3. The van der Waals surface area contributed by atoms with Crippen LogP contribution in [0, 0.1) is 0 Å². The van der Waals surface area contributed by atoms with E-state index >= 15 is 0 Å². The molecule has 0 aliphatic rings. The largest absolute Gasteiger partial charge is 0.508 e. The third-order valence-corrected chi connectivity index (χ3v) is 1.74. The minimum atomic E-state index is -1.27. The zero-order chi connectivity index (χ0) is 10.7. The average Bonchev–Trinajstić information content (AvgIpc) is 2.01. The van der Waals surface area contributed by atoms with Crippen LogP contribution in [0.4, 0.5) is 0 Å². The fourth-order valence-electron chi connectivity index (χ4n) is 1.09. The molecule has 0 aliphatic heterocycles. The van der Waals surface area contributed by atoms with Crippen molar-refractivity contribution in [2.24, 2.45) is 0 Å². The molecule has 0 bridgehead atoms. The van der Waals surface area contributed by atoms with Crippen LogP contribution in [-0.4, -0.2) is 26.4 Å². The van der Waals surface area contributed by atoms with E-state index in [0.29, 0.717) is 0 Å². The van der Waals surface area contributed by atoms with E-state index in [2.05, 4.69) is 0 Å². The lowest BCUT2D eigenvalue weighted by Crippen LogP contribution is -2.05. The van der Waals surface area contributed by atoms with Gasteiger partial charge in [0.1, 0.15) is 11.5 Å². The highest BCUT2D eigenvalue weighted by atomic mass is 16.4. The second kappa shape index (κ2) is 3.97. The molecular formula is C9H10O5. The monoisotopic (exact) mass is 198 g/mol.